The van der Waals surface area contributed by atoms with Crippen molar-refractivity contribution in [3.63, 3.8) is 0 Å². The number of ether oxygens (including phenoxy) is 1. The third kappa shape index (κ3) is 18.1. The summed E-state index contributed by atoms with van der Waals surface area (Å²) in [6, 6.07) is 7.70. The van der Waals surface area contributed by atoms with Gasteiger partial charge in [0.25, 0.3) is 0 Å². The maximum atomic E-state index is 6.22. The molecule has 0 saturated carbocycles. The average molecular weight is 1020 g/mol. The zero-order chi connectivity index (χ0) is 53.6. The number of allylic oxidation sites excluding steroid dienone is 1. The van der Waals surface area contributed by atoms with Crippen LogP contribution in [-0.2, 0) is 16.6 Å². The van der Waals surface area contributed by atoms with Gasteiger partial charge < -0.3 is 4.74 Å². The van der Waals surface area contributed by atoms with Crippen molar-refractivity contribution in [1.29, 1.82) is 0 Å². The van der Waals surface area contributed by atoms with E-state index in [2.05, 4.69) is 225 Å². The van der Waals surface area contributed by atoms with Gasteiger partial charge in [0.1, 0.15) is 0 Å². The highest BCUT2D eigenvalue weighted by Gasteiger charge is 2.49. The van der Waals surface area contributed by atoms with Crippen LogP contribution in [0.1, 0.15) is 223 Å². The number of morpholine rings is 1. The fraction of sp³-hybridized carbons (Fsp3) is 0.877. The number of benzene rings is 1. The standard InChI is InChI=1S/C17H24.C16H32N2O.C15H31N3.C15H30N2.2CH4/c1-16(2,3)14-8-7-12-9-15(17(4,5)6)11-13(12)10-14;1-14(2,3)17-9-7-16(8-10-17)13-18(11-12-19-16)15(4,5)6;1-14(2,3)17-9-7-16-8-10-18(15(4,5)6)12-13(16)11-17;1-13(2,3)16-9-7-15(8-10-16)11-17(12-15)14(4,5)6;;/h7-8,10-11H,9H2,1-6H3;7-13H2,1-6H3;13H,7-12H2,1-6H3;7-12H2,1-6H3;2*1H4. The number of fused-ring (bicyclic) bond motifs is 2. The van der Waals surface area contributed by atoms with Crippen molar-refractivity contribution in [3.05, 3.63) is 40.5 Å². The second-order valence-electron chi connectivity index (χ2n) is 31.6. The molecule has 0 amide bonds. The van der Waals surface area contributed by atoms with E-state index in [0.29, 0.717) is 38.5 Å². The Morgan fingerprint density at radius 1 is 0.438 bits per heavy atom. The molecule has 6 fully saturated rings. The molecule has 8 heteroatoms. The molecule has 0 radical (unpaired) electrons. The quantitative estimate of drug-likeness (QED) is 0.254. The monoisotopic (exact) mass is 1020 g/mol. The molecule has 0 unspecified atom stereocenters. The number of hydrogen-bond donors (Lipinski definition) is 0. The Balaban J connectivity index is 0.000000255. The second-order valence-corrected chi connectivity index (χ2v) is 31.6. The van der Waals surface area contributed by atoms with Gasteiger partial charge in [-0.1, -0.05) is 86.2 Å². The Bertz CT molecular complexity index is 1840. The average Bonchev–Trinajstić information content (AvgIpc) is 3.66. The minimum absolute atomic E-state index is 0. The molecule has 6 saturated heterocycles. The maximum absolute atomic E-state index is 6.22. The molecule has 8 nitrogen and oxygen atoms in total. The first-order chi connectivity index (χ1) is 32.1. The van der Waals surface area contributed by atoms with Gasteiger partial charge in [-0.3, -0.25) is 34.3 Å². The number of piperazine rings is 2. The molecule has 1 aromatic carbocycles. The van der Waals surface area contributed by atoms with Crippen molar-refractivity contribution in [2.45, 2.75) is 263 Å². The summed E-state index contributed by atoms with van der Waals surface area (Å²) in [5, 5.41) is 0. The van der Waals surface area contributed by atoms with Crippen molar-refractivity contribution >= 4 is 6.08 Å². The predicted octanol–water partition coefficient (Wildman–Crippen LogP) is 13.9. The Hall–Kier alpha value is -1.36. The molecular formula is C65H125N7O. The van der Waals surface area contributed by atoms with E-state index in [1.165, 1.54) is 121 Å². The fourth-order valence-electron chi connectivity index (χ4n) is 12.0. The Morgan fingerprint density at radius 3 is 1.26 bits per heavy atom. The van der Waals surface area contributed by atoms with Crippen molar-refractivity contribution < 1.29 is 4.74 Å². The van der Waals surface area contributed by atoms with E-state index in [4.69, 9.17) is 4.74 Å². The third-order valence-electron chi connectivity index (χ3n) is 17.9. The van der Waals surface area contributed by atoms with Crippen molar-refractivity contribution in [2.75, 3.05) is 98.2 Å². The van der Waals surface area contributed by atoms with Crippen LogP contribution < -0.4 is 0 Å². The second kappa shape index (κ2) is 23.9. The first-order valence-electron chi connectivity index (χ1n) is 28.8. The van der Waals surface area contributed by atoms with E-state index in [-0.39, 0.29) is 31.4 Å². The highest BCUT2D eigenvalue weighted by Crippen LogP contribution is 2.45. The SMILES string of the molecule is C.C.CC(C)(C)C1=Cc2cc(C(C)(C)C)ccc2C1.CC(C)(C)N1CCC2(CC1)CN(C(C)(C)C)C2.CC(C)(C)N1CCC2(CC1)CN(C(C)(C)C)CCO2.CC(C)(C)N1CCN2CCN(C(C)(C)C)CC2C1. The number of likely N-dealkylation sites (tertiary alicyclic amines) is 3. The van der Waals surface area contributed by atoms with E-state index >= 15 is 0 Å². The molecule has 0 atom stereocenters. The molecule has 2 spiro atoms. The first kappa shape index (κ1) is 65.9. The van der Waals surface area contributed by atoms with Gasteiger partial charge >= 0.3 is 0 Å². The maximum Gasteiger partial charge on any atom is 0.0834 e. The number of piperidine rings is 2. The van der Waals surface area contributed by atoms with Gasteiger partial charge in [-0.05, 0) is 203 Å². The van der Waals surface area contributed by atoms with Gasteiger partial charge in [-0.25, -0.2) is 0 Å². The predicted molar refractivity (Wildman–Crippen MR) is 323 cm³/mol. The third-order valence-corrected chi connectivity index (χ3v) is 17.9. The molecule has 8 rings (SSSR count). The van der Waals surface area contributed by atoms with Crippen LogP contribution >= 0.6 is 0 Å². The smallest absolute Gasteiger partial charge is 0.0834 e. The van der Waals surface area contributed by atoms with Crippen LogP contribution in [0.3, 0.4) is 0 Å². The fourth-order valence-corrected chi connectivity index (χ4v) is 12.0. The lowest BCUT2D eigenvalue weighted by molar-refractivity contribution is -0.156. The summed E-state index contributed by atoms with van der Waals surface area (Å²) in [7, 11) is 0. The van der Waals surface area contributed by atoms with E-state index in [1.54, 1.807) is 5.57 Å². The summed E-state index contributed by atoms with van der Waals surface area (Å²) in [6.07, 6.45) is 8.68. The van der Waals surface area contributed by atoms with Crippen molar-refractivity contribution in [1.82, 2.24) is 34.3 Å². The molecule has 6 heterocycles. The van der Waals surface area contributed by atoms with Crippen LogP contribution in [0, 0.1) is 10.8 Å². The summed E-state index contributed by atoms with van der Waals surface area (Å²) in [5.74, 6) is 0. The van der Waals surface area contributed by atoms with Crippen LogP contribution in [0.15, 0.2) is 23.8 Å². The number of nitrogens with zero attached hydrogens (tertiary/aromatic N) is 7. The zero-order valence-electron chi connectivity index (χ0n) is 51.6. The highest BCUT2D eigenvalue weighted by atomic mass is 16.5. The number of rotatable bonds is 0. The molecular weight excluding hydrogens is 895 g/mol. The van der Waals surface area contributed by atoms with Crippen molar-refractivity contribution in [2.24, 2.45) is 10.8 Å². The molecule has 7 aliphatic rings. The molecule has 1 aromatic rings. The van der Waals surface area contributed by atoms with Gasteiger partial charge in [0.15, 0.2) is 0 Å². The van der Waals surface area contributed by atoms with Crippen LogP contribution in [-0.4, -0.2) is 177 Å². The van der Waals surface area contributed by atoms with Gasteiger partial charge in [-0.2, -0.15) is 0 Å². The van der Waals surface area contributed by atoms with Gasteiger partial charge in [0.05, 0.1) is 12.2 Å². The summed E-state index contributed by atoms with van der Waals surface area (Å²) >= 11 is 0. The van der Waals surface area contributed by atoms with E-state index < -0.39 is 0 Å². The van der Waals surface area contributed by atoms with Crippen LogP contribution in [0.4, 0.5) is 0 Å². The molecule has 0 bridgehead atoms. The summed E-state index contributed by atoms with van der Waals surface area (Å²) in [4.78, 5) is 18.5. The minimum Gasteiger partial charge on any atom is -0.372 e. The Kier molecular flexibility index (Phi) is 21.6. The number of hydrogen-bond acceptors (Lipinski definition) is 8. The Labute approximate surface area is 456 Å². The van der Waals surface area contributed by atoms with E-state index in [0.717, 1.165) is 32.2 Å². The lowest BCUT2D eigenvalue weighted by Crippen LogP contribution is -2.66. The van der Waals surface area contributed by atoms with Crippen molar-refractivity contribution in [3.8, 4) is 0 Å². The molecule has 73 heavy (non-hydrogen) atoms. The van der Waals surface area contributed by atoms with E-state index in [1.807, 2.05) is 0 Å². The van der Waals surface area contributed by atoms with Crippen LogP contribution in [0.5, 0.6) is 0 Å². The normalized spacial score (nSPS) is 23.5. The Morgan fingerprint density at radius 2 is 0.863 bits per heavy atom. The van der Waals surface area contributed by atoms with Gasteiger partial charge in [0.2, 0.25) is 0 Å². The summed E-state index contributed by atoms with van der Waals surface area (Å²) in [6.45, 7) is 73.8. The summed E-state index contributed by atoms with van der Waals surface area (Å²) in [5.41, 5.74) is 9.13. The lowest BCUT2D eigenvalue weighted by atomic mass is 9.70. The van der Waals surface area contributed by atoms with Crippen LogP contribution in [0.25, 0.3) is 6.08 Å². The molecule has 1 aliphatic carbocycles. The minimum atomic E-state index is 0. The molecule has 0 N–H and O–H groups in total. The molecule has 0 aromatic heterocycles. The molecule has 426 valence electrons. The summed E-state index contributed by atoms with van der Waals surface area (Å²) < 4.78 is 6.22. The zero-order valence-corrected chi connectivity index (χ0v) is 51.6. The van der Waals surface area contributed by atoms with Gasteiger partial charge in [-0.15, -0.1) is 0 Å². The van der Waals surface area contributed by atoms with Gasteiger partial charge in [0, 0.05) is 118 Å². The molecule has 6 aliphatic heterocycles. The first-order valence-corrected chi connectivity index (χ1v) is 28.8. The topological polar surface area (TPSA) is 31.9 Å². The van der Waals surface area contributed by atoms with E-state index in [9.17, 15) is 0 Å². The lowest BCUT2D eigenvalue weighted by Gasteiger charge is -2.59. The highest BCUT2D eigenvalue weighted by molar-refractivity contribution is 5.66. The largest absolute Gasteiger partial charge is 0.372 e. The van der Waals surface area contributed by atoms with Crippen LogP contribution in [0.2, 0.25) is 0 Å².